The Morgan fingerprint density at radius 1 is 1.54 bits per heavy atom. The molecule has 0 amide bonds. The fourth-order valence-corrected chi connectivity index (χ4v) is 1.75. The molecule has 0 spiro atoms. The van der Waals surface area contributed by atoms with Crippen molar-refractivity contribution in [3.63, 3.8) is 0 Å². The van der Waals surface area contributed by atoms with E-state index >= 15 is 0 Å². The molecule has 0 aromatic carbocycles. The lowest BCUT2D eigenvalue weighted by Gasteiger charge is -2.25. The lowest BCUT2D eigenvalue weighted by atomic mass is 9.85. The van der Waals surface area contributed by atoms with Crippen LogP contribution in [0.2, 0.25) is 0 Å². The van der Waals surface area contributed by atoms with Crippen LogP contribution in [0.5, 0.6) is 0 Å². The summed E-state index contributed by atoms with van der Waals surface area (Å²) < 4.78 is 1.85. The third kappa shape index (κ3) is 1.67. The van der Waals surface area contributed by atoms with E-state index in [9.17, 15) is 4.79 Å². The van der Waals surface area contributed by atoms with E-state index in [-0.39, 0.29) is 5.56 Å². The van der Waals surface area contributed by atoms with E-state index < -0.39 is 0 Å². The van der Waals surface area contributed by atoms with Gasteiger partial charge < -0.3 is 4.57 Å². The molecular formula is C11H15NO. The highest BCUT2D eigenvalue weighted by molar-refractivity contribution is 5.07. The van der Waals surface area contributed by atoms with E-state index in [2.05, 4.69) is 0 Å². The smallest absolute Gasteiger partial charge is 0.253 e. The minimum Gasteiger partial charge on any atom is -0.315 e. The van der Waals surface area contributed by atoms with Crippen molar-refractivity contribution in [3.05, 3.63) is 34.2 Å². The summed E-state index contributed by atoms with van der Waals surface area (Å²) in [4.78, 5) is 11.6. The van der Waals surface area contributed by atoms with E-state index in [1.54, 1.807) is 0 Å². The van der Waals surface area contributed by atoms with E-state index in [0.29, 0.717) is 0 Å². The van der Waals surface area contributed by atoms with Gasteiger partial charge >= 0.3 is 0 Å². The molecule has 0 radical (unpaired) electrons. The molecule has 0 N–H and O–H groups in total. The molecule has 13 heavy (non-hydrogen) atoms. The van der Waals surface area contributed by atoms with Gasteiger partial charge in [-0.2, -0.15) is 0 Å². The average molecular weight is 177 g/mol. The van der Waals surface area contributed by atoms with Crippen LogP contribution in [0.4, 0.5) is 0 Å². The van der Waals surface area contributed by atoms with Crippen molar-refractivity contribution < 1.29 is 0 Å². The molecular weight excluding hydrogens is 162 g/mol. The first-order valence-corrected chi connectivity index (χ1v) is 4.93. The summed E-state index contributed by atoms with van der Waals surface area (Å²) in [7, 11) is 0. The SMILES string of the molecule is Cc1cccn(CC2CCC2)c1=O. The number of pyridine rings is 1. The van der Waals surface area contributed by atoms with Crippen LogP contribution < -0.4 is 5.56 Å². The quantitative estimate of drug-likeness (QED) is 0.676. The summed E-state index contributed by atoms with van der Waals surface area (Å²) in [6.07, 6.45) is 5.82. The fraction of sp³-hybridized carbons (Fsp3) is 0.545. The molecule has 2 heteroatoms. The van der Waals surface area contributed by atoms with Gasteiger partial charge in [0.1, 0.15) is 0 Å². The van der Waals surface area contributed by atoms with Crippen LogP contribution in [-0.4, -0.2) is 4.57 Å². The fourth-order valence-electron chi connectivity index (χ4n) is 1.75. The van der Waals surface area contributed by atoms with Gasteiger partial charge in [0.15, 0.2) is 0 Å². The van der Waals surface area contributed by atoms with Gasteiger partial charge in [-0.15, -0.1) is 0 Å². The molecule has 1 aliphatic carbocycles. The maximum absolute atomic E-state index is 11.6. The van der Waals surface area contributed by atoms with Gasteiger partial charge in [-0.3, -0.25) is 4.79 Å². The molecule has 1 aliphatic rings. The molecule has 0 saturated heterocycles. The lowest BCUT2D eigenvalue weighted by Crippen LogP contribution is -2.27. The van der Waals surface area contributed by atoms with Crippen LogP contribution in [0.3, 0.4) is 0 Å². The first kappa shape index (κ1) is 8.54. The zero-order valence-corrected chi connectivity index (χ0v) is 7.99. The summed E-state index contributed by atoms with van der Waals surface area (Å²) in [5.41, 5.74) is 1.02. The summed E-state index contributed by atoms with van der Waals surface area (Å²) >= 11 is 0. The molecule has 1 fully saturated rings. The molecule has 1 saturated carbocycles. The van der Waals surface area contributed by atoms with Crippen molar-refractivity contribution in [2.24, 2.45) is 5.92 Å². The molecule has 1 aromatic rings. The van der Waals surface area contributed by atoms with Gasteiger partial charge in [0.05, 0.1) is 0 Å². The van der Waals surface area contributed by atoms with Gasteiger partial charge in [-0.1, -0.05) is 12.5 Å². The second-order valence-electron chi connectivity index (χ2n) is 3.95. The van der Waals surface area contributed by atoms with Crippen molar-refractivity contribution >= 4 is 0 Å². The maximum Gasteiger partial charge on any atom is 0.253 e. The first-order chi connectivity index (χ1) is 6.27. The molecule has 0 bridgehead atoms. The van der Waals surface area contributed by atoms with Crippen LogP contribution in [0.15, 0.2) is 23.1 Å². The van der Waals surface area contributed by atoms with Crippen LogP contribution in [-0.2, 0) is 6.54 Å². The highest BCUT2D eigenvalue weighted by Gasteiger charge is 2.17. The largest absolute Gasteiger partial charge is 0.315 e. The Morgan fingerprint density at radius 2 is 2.31 bits per heavy atom. The van der Waals surface area contributed by atoms with Crippen molar-refractivity contribution in [3.8, 4) is 0 Å². The molecule has 0 unspecified atom stereocenters. The Balaban J connectivity index is 2.19. The Morgan fingerprint density at radius 3 is 2.92 bits per heavy atom. The highest BCUT2D eigenvalue weighted by atomic mass is 16.1. The van der Waals surface area contributed by atoms with Crippen LogP contribution >= 0.6 is 0 Å². The Labute approximate surface area is 78.2 Å². The van der Waals surface area contributed by atoms with Crippen LogP contribution in [0, 0.1) is 12.8 Å². The molecule has 0 atom stereocenters. The van der Waals surface area contributed by atoms with Crippen molar-refractivity contribution in [2.45, 2.75) is 32.7 Å². The van der Waals surface area contributed by atoms with Gasteiger partial charge in [0, 0.05) is 18.3 Å². The monoisotopic (exact) mass is 177 g/mol. The lowest BCUT2D eigenvalue weighted by molar-refractivity contribution is 0.273. The first-order valence-electron chi connectivity index (χ1n) is 4.93. The number of hydrogen-bond donors (Lipinski definition) is 0. The van der Waals surface area contributed by atoms with Gasteiger partial charge in [0.2, 0.25) is 0 Å². The van der Waals surface area contributed by atoms with E-state index in [4.69, 9.17) is 0 Å². The van der Waals surface area contributed by atoms with E-state index in [1.807, 2.05) is 29.8 Å². The summed E-state index contributed by atoms with van der Waals surface area (Å²) in [6.45, 7) is 2.79. The Hall–Kier alpha value is -1.05. The summed E-state index contributed by atoms with van der Waals surface area (Å²) in [5, 5.41) is 0. The third-order valence-electron chi connectivity index (χ3n) is 2.89. The minimum absolute atomic E-state index is 0.175. The standard InChI is InChI=1S/C11H15NO/c1-9-4-3-7-12(11(9)13)8-10-5-2-6-10/h3-4,7,10H,2,5-6,8H2,1H3. The van der Waals surface area contributed by atoms with Crippen LogP contribution in [0.1, 0.15) is 24.8 Å². The second kappa shape index (κ2) is 3.36. The second-order valence-corrected chi connectivity index (χ2v) is 3.95. The normalized spacial score (nSPS) is 17.0. The van der Waals surface area contributed by atoms with Gasteiger partial charge in [-0.25, -0.2) is 0 Å². The molecule has 2 nitrogen and oxygen atoms in total. The number of aryl methyl sites for hydroxylation is 1. The molecule has 70 valence electrons. The third-order valence-corrected chi connectivity index (χ3v) is 2.89. The zero-order chi connectivity index (χ0) is 9.26. The van der Waals surface area contributed by atoms with E-state index in [1.165, 1.54) is 19.3 Å². The van der Waals surface area contributed by atoms with Crippen molar-refractivity contribution in [2.75, 3.05) is 0 Å². The molecule has 0 aliphatic heterocycles. The molecule has 1 heterocycles. The van der Waals surface area contributed by atoms with Gasteiger partial charge in [-0.05, 0) is 31.7 Å². The number of rotatable bonds is 2. The minimum atomic E-state index is 0.175. The predicted octanol–water partition coefficient (Wildman–Crippen LogP) is 1.96. The summed E-state index contributed by atoms with van der Waals surface area (Å²) in [5.74, 6) is 0.750. The van der Waals surface area contributed by atoms with Gasteiger partial charge in [0.25, 0.3) is 5.56 Å². The average Bonchev–Trinajstić information content (AvgIpc) is 2.04. The summed E-state index contributed by atoms with van der Waals surface area (Å²) in [6, 6.07) is 3.83. The van der Waals surface area contributed by atoms with Crippen LogP contribution in [0.25, 0.3) is 0 Å². The zero-order valence-electron chi connectivity index (χ0n) is 7.99. The molecule has 1 aromatic heterocycles. The van der Waals surface area contributed by atoms with E-state index in [0.717, 1.165) is 18.0 Å². The predicted molar refractivity (Wildman–Crippen MR) is 52.8 cm³/mol. The van der Waals surface area contributed by atoms with Crippen molar-refractivity contribution in [1.29, 1.82) is 0 Å². The van der Waals surface area contributed by atoms with Crippen molar-refractivity contribution in [1.82, 2.24) is 4.57 Å². The Kier molecular flexibility index (Phi) is 2.21. The number of aromatic nitrogens is 1. The Bertz CT molecular complexity index is 349. The highest BCUT2D eigenvalue weighted by Crippen LogP contribution is 2.27. The number of hydrogen-bond acceptors (Lipinski definition) is 1. The molecule has 2 rings (SSSR count). The maximum atomic E-state index is 11.6. The number of nitrogens with zero attached hydrogens (tertiary/aromatic N) is 1. The topological polar surface area (TPSA) is 22.0 Å².